The van der Waals surface area contributed by atoms with Crippen LogP contribution in [0.1, 0.15) is 17.3 Å². The first-order chi connectivity index (χ1) is 13.5. The van der Waals surface area contributed by atoms with E-state index in [1.54, 1.807) is 14.0 Å². The number of aromatic nitrogens is 5. The van der Waals surface area contributed by atoms with Gasteiger partial charge in [0, 0.05) is 18.4 Å². The lowest BCUT2D eigenvalue weighted by Gasteiger charge is -2.00. The van der Waals surface area contributed by atoms with Crippen LogP contribution < -0.4 is 10.3 Å². The number of aryl methyl sites for hydroxylation is 3. The highest BCUT2D eigenvalue weighted by Gasteiger charge is 2.16. The van der Waals surface area contributed by atoms with Gasteiger partial charge < -0.3 is 18.7 Å². The summed E-state index contributed by atoms with van der Waals surface area (Å²) in [4.78, 5) is 28.2. The average molecular weight is 397 g/mol. The average Bonchev–Trinajstić information content (AvgIpc) is 3.21. The minimum Gasteiger partial charge on any atom is -0.497 e. The van der Waals surface area contributed by atoms with Crippen molar-refractivity contribution in [2.45, 2.75) is 24.8 Å². The molecule has 28 heavy (non-hydrogen) atoms. The third-order valence-electron chi connectivity index (χ3n) is 4.37. The molecular formula is C19H19N5O3S. The van der Waals surface area contributed by atoms with Crippen LogP contribution in [-0.2, 0) is 12.8 Å². The fraction of sp³-hybridized carbons (Fsp3) is 0.263. The maximum Gasteiger partial charge on any atom is 0.279 e. The molecule has 0 spiro atoms. The van der Waals surface area contributed by atoms with Crippen molar-refractivity contribution in [3.63, 3.8) is 0 Å². The van der Waals surface area contributed by atoms with Gasteiger partial charge in [-0.25, -0.2) is 15.0 Å². The van der Waals surface area contributed by atoms with Gasteiger partial charge in [0.05, 0.1) is 12.8 Å². The lowest BCUT2D eigenvalue weighted by atomic mass is 10.2. The molecule has 4 rings (SSSR count). The van der Waals surface area contributed by atoms with Crippen molar-refractivity contribution in [1.82, 2.24) is 24.5 Å². The summed E-state index contributed by atoms with van der Waals surface area (Å²) in [5.41, 5.74) is 2.39. The van der Waals surface area contributed by atoms with E-state index in [0.717, 1.165) is 22.8 Å². The van der Waals surface area contributed by atoms with Gasteiger partial charge in [-0.15, -0.1) is 0 Å². The first-order valence-corrected chi connectivity index (χ1v) is 9.61. The molecule has 0 aliphatic heterocycles. The van der Waals surface area contributed by atoms with Gasteiger partial charge in [-0.05, 0) is 38.1 Å². The number of nitrogens with one attached hydrogen (secondary N) is 1. The molecule has 4 aromatic rings. The van der Waals surface area contributed by atoms with Gasteiger partial charge in [0.1, 0.15) is 17.3 Å². The van der Waals surface area contributed by atoms with E-state index >= 15 is 0 Å². The number of rotatable bonds is 5. The molecule has 1 aromatic carbocycles. The highest BCUT2D eigenvalue weighted by atomic mass is 32.2. The fourth-order valence-electron chi connectivity index (χ4n) is 2.84. The number of oxazole rings is 1. The molecule has 0 aliphatic rings. The Morgan fingerprint density at radius 3 is 2.64 bits per heavy atom. The first kappa shape index (κ1) is 18.3. The first-order valence-electron chi connectivity index (χ1n) is 8.63. The van der Waals surface area contributed by atoms with Crippen molar-refractivity contribution < 1.29 is 9.15 Å². The SMILES string of the molecule is COc1ccc(-c2nc(CSc3nc4c(=O)[nH]c(C)nc4n3C)c(C)o2)cc1. The van der Waals surface area contributed by atoms with E-state index in [1.165, 1.54) is 11.8 Å². The number of imidazole rings is 1. The van der Waals surface area contributed by atoms with Crippen molar-refractivity contribution in [2.75, 3.05) is 7.11 Å². The van der Waals surface area contributed by atoms with E-state index in [1.807, 2.05) is 42.8 Å². The second-order valence-corrected chi connectivity index (χ2v) is 7.26. The summed E-state index contributed by atoms with van der Waals surface area (Å²) in [6.07, 6.45) is 0. The highest BCUT2D eigenvalue weighted by molar-refractivity contribution is 7.98. The second-order valence-electron chi connectivity index (χ2n) is 6.32. The van der Waals surface area contributed by atoms with Gasteiger partial charge in [-0.1, -0.05) is 11.8 Å². The minimum atomic E-state index is -0.232. The van der Waals surface area contributed by atoms with Crippen LogP contribution in [0.3, 0.4) is 0 Å². The molecule has 0 aliphatic carbocycles. The molecule has 0 amide bonds. The van der Waals surface area contributed by atoms with Crippen molar-refractivity contribution in [3.8, 4) is 17.2 Å². The number of nitrogens with zero attached hydrogens (tertiary/aromatic N) is 4. The molecule has 9 heteroatoms. The zero-order valence-corrected chi connectivity index (χ0v) is 16.8. The number of thioether (sulfide) groups is 1. The van der Waals surface area contributed by atoms with E-state index in [2.05, 4.69) is 19.9 Å². The van der Waals surface area contributed by atoms with Crippen LogP contribution in [-0.4, -0.2) is 31.6 Å². The van der Waals surface area contributed by atoms with Crippen molar-refractivity contribution >= 4 is 22.9 Å². The quantitative estimate of drug-likeness (QED) is 0.516. The number of hydrogen-bond acceptors (Lipinski definition) is 7. The summed E-state index contributed by atoms with van der Waals surface area (Å²) in [6, 6.07) is 7.56. The molecular weight excluding hydrogens is 378 g/mol. The Labute approximate surface area is 165 Å². The summed E-state index contributed by atoms with van der Waals surface area (Å²) in [5.74, 6) is 3.23. The van der Waals surface area contributed by atoms with E-state index < -0.39 is 0 Å². The minimum absolute atomic E-state index is 0.232. The van der Waals surface area contributed by atoms with E-state index in [4.69, 9.17) is 9.15 Å². The van der Waals surface area contributed by atoms with Crippen LogP contribution in [0.4, 0.5) is 0 Å². The highest BCUT2D eigenvalue weighted by Crippen LogP contribution is 2.28. The molecule has 0 unspecified atom stereocenters. The predicted octanol–water partition coefficient (Wildman–Crippen LogP) is 3.23. The number of ether oxygens (including phenoxy) is 1. The Hall–Kier alpha value is -3.07. The molecule has 0 saturated heterocycles. The fourth-order valence-corrected chi connectivity index (χ4v) is 3.81. The Morgan fingerprint density at radius 1 is 1.18 bits per heavy atom. The molecule has 0 saturated carbocycles. The maximum absolute atomic E-state index is 12.1. The zero-order chi connectivity index (χ0) is 19.8. The molecule has 0 fully saturated rings. The number of H-pyrrole nitrogens is 1. The summed E-state index contributed by atoms with van der Waals surface area (Å²) < 4.78 is 12.8. The molecule has 144 valence electrons. The molecule has 8 nitrogen and oxygen atoms in total. The lowest BCUT2D eigenvalue weighted by Crippen LogP contribution is -2.10. The summed E-state index contributed by atoms with van der Waals surface area (Å²) in [6.45, 7) is 3.64. The van der Waals surface area contributed by atoms with Crippen LogP contribution in [0.2, 0.25) is 0 Å². The smallest absolute Gasteiger partial charge is 0.279 e. The number of methoxy groups -OCH3 is 1. The molecule has 1 N–H and O–H groups in total. The van der Waals surface area contributed by atoms with Crippen molar-refractivity contribution in [2.24, 2.45) is 7.05 Å². The van der Waals surface area contributed by atoms with Crippen LogP contribution in [0.25, 0.3) is 22.6 Å². The number of aromatic amines is 1. The summed E-state index contributed by atoms with van der Waals surface area (Å²) in [5, 5.41) is 0.701. The Morgan fingerprint density at radius 2 is 1.93 bits per heavy atom. The third kappa shape index (κ3) is 3.29. The van der Waals surface area contributed by atoms with Gasteiger partial charge in [-0.2, -0.15) is 0 Å². The third-order valence-corrected chi connectivity index (χ3v) is 5.42. The van der Waals surface area contributed by atoms with Gasteiger partial charge >= 0.3 is 0 Å². The van der Waals surface area contributed by atoms with Gasteiger partial charge in [0.15, 0.2) is 16.3 Å². The molecule has 0 bridgehead atoms. The number of fused-ring (bicyclic) bond motifs is 1. The molecule has 0 atom stereocenters. The van der Waals surface area contributed by atoms with E-state index in [0.29, 0.717) is 33.8 Å². The Balaban J connectivity index is 1.58. The Kier molecular flexibility index (Phi) is 4.68. The summed E-state index contributed by atoms with van der Waals surface area (Å²) in [7, 11) is 3.48. The van der Waals surface area contributed by atoms with Gasteiger partial charge in [0.2, 0.25) is 5.89 Å². The number of hydrogen-bond donors (Lipinski definition) is 1. The summed E-state index contributed by atoms with van der Waals surface area (Å²) >= 11 is 1.49. The van der Waals surface area contributed by atoms with E-state index in [9.17, 15) is 4.79 Å². The van der Waals surface area contributed by atoms with Crippen LogP contribution in [0.15, 0.2) is 38.6 Å². The van der Waals surface area contributed by atoms with Gasteiger partial charge in [-0.3, -0.25) is 4.79 Å². The van der Waals surface area contributed by atoms with Crippen molar-refractivity contribution in [3.05, 3.63) is 51.9 Å². The molecule has 3 aromatic heterocycles. The maximum atomic E-state index is 12.1. The topological polar surface area (TPSA) is 98.8 Å². The monoisotopic (exact) mass is 397 g/mol. The zero-order valence-electron chi connectivity index (χ0n) is 15.9. The molecule has 3 heterocycles. The largest absolute Gasteiger partial charge is 0.497 e. The normalized spacial score (nSPS) is 11.3. The van der Waals surface area contributed by atoms with Crippen LogP contribution >= 0.6 is 11.8 Å². The van der Waals surface area contributed by atoms with Crippen LogP contribution in [0.5, 0.6) is 5.75 Å². The predicted molar refractivity (Wildman–Crippen MR) is 107 cm³/mol. The van der Waals surface area contributed by atoms with Crippen molar-refractivity contribution in [1.29, 1.82) is 0 Å². The van der Waals surface area contributed by atoms with E-state index in [-0.39, 0.29) is 5.56 Å². The standard InChI is InChI=1S/C19H19N5O3S/c1-10-14(22-18(27-10)12-5-7-13(26-4)8-6-12)9-28-19-23-15-16(24(19)3)20-11(2)21-17(15)25/h5-8H,9H2,1-4H3,(H,20,21,25). The number of benzene rings is 1. The van der Waals surface area contributed by atoms with Crippen LogP contribution in [0, 0.1) is 13.8 Å². The molecule has 0 radical (unpaired) electrons. The van der Waals surface area contributed by atoms with Gasteiger partial charge in [0.25, 0.3) is 5.56 Å². The second kappa shape index (κ2) is 7.16. The lowest BCUT2D eigenvalue weighted by molar-refractivity contribution is 0.415. The Bertz CT molecular complexity index is 1210.